The predicted molar refractivity (Wildman–Crippen MR) is 132 cm³/mol. The van der Waals surface area contributed by atoms with Gasteiger partial charge in [-0.1, -0.05) is 23.7 Å². The summed E-state index contributed by atoms with van der Waals surface area (Å²) >= 11 is 6.17. The lowest BCUT2D eigenvalue weighted by molar-refractivity contribution is -0.120. The normalized spacial score (nSPS) is 10.9. The van der Waals surface area contributed by atoms with E-state index in [0.29, 0.717) is 24.5 Å². The van der Waals surface area contributed by atoms with Gasteiger partial charge in [-0.2, -0.15) is 0 Å². The Hall–Kier alpha value is -3.63. The largest absolute Gasteiger partial charge is 0.495 e. The van der Waals surface area contributed by atoms with Crippen molar-refractivity contribution in [1.29, 1.82) is 0 Å². The van der Waals surface area contributed by atoms with Gasteiger partial charge in [0, 0.05) is 26.2 Å². The highest BCUT2D eigenvalue weighted by Gasteiger charge is 2.18. The molecule has 186 valence electrons. The number of nitrogens with zero attached hydrogens (tertiary/aromatic N) is 2. The number of halogens is 1. The molecular formula is C24H26ClN3O7. The van der Waals surface area contributed by atoms with Crippen LogP contribution < -0.4 is 26.0 Å². The Balaban J connectivity index is 1.96. The third kappa shape index (κ3) is 5.90. The first-order valence-electron chi connectivity index (χ1n) is 10.7. The molecule has 3 rings (SSSR count). The summed E-state index contributed by atoms with van der Waals surface area (Å²) in [5.74, 6) is -0.173. The van der Waals surface area contributed by atoms with Gasteiger partial charge >= 0.3 is 5.69 Å². The van der Waals surface area contributed by atoms with Crippen molar-refractivity contribution in [2.45, 2.75) is 25.9 Å². The third-order valence-corrected chi connectivity index (χ3v) is 5.62. The van der Waals surface area contributed by atoms with Crippen LogP contribution >= 0.6 is 11.6 Å². The number of rotatable bonds is 11. The number of carbonyl (C=O) groups excluding carboxylic acids is 2. The van der Waals surface area contributed by atoms with Gasteiger partial charge in [-0.05, 0) is 24.6 Å². The number of amides is 1. The number of benzene rings is 2. The second-order valence-corrected chi connectivity index (χ2v) is 8.05. The minimum atomic E-state index is -0.760. The van der Waals surface area contributed by atoms with E-state index in [2.05, 4.69) is 5.32 Å². The fourth-order valence-corrected chi connectivity index (χ4v) is 3.86. The van der Waals surface area contributed by atoms with Crippen LogP contribution in [0.25, 0.3) is 10.9 Å². The second-order valence-electron chi connectivity index (χ2n) is 7.65. The average Bonchev–Trinajstić information content (AvgIpc) is 2.84. The van der Waals surface area contributed by atoms with Gasteiger partial charge in [-0.3, -0.25) is 23.5 Å². The molecule has 0 saturated carbocycles. The van der Waals surface area contributed by atoms with Crippen molar-refractivity contribution in [3.63, 3.8) is 0 Å². The fourth-order valence-electron chi connectivity index (χ4n) is 3.62. The number of carbonyl (C=O) groups is 2. The Morgan fingerprint density at radius 1 is 0.971 bits per heavy atom. The van der Waals surface area contributed by atoms with E-state index in [9.17, 15) is 19.2 Å². The summed E-state index contributed by atoms with van der Waals surface area (Å²) in [6, 6.07) is 9.41. The van der Waals surface area contributed by atoms with Crippen LogP contribution in [0.15, 0.2) is 46.0 Å². The molecule has 10 nitrogen and oxygen atoms in total. The Bertz CT molecular complexity index is 1360. The smallest absolute Gasteiger partial charge is 0.332 e. The van der Waals surface area contributed by atoms with Crippen molar-refractivity contribution in [3.05, 3.63) is 62.3 Å². The van der Waals surface area contributed by atoms with Gasteiger partial charge in [-0.15, -0.1) is 0 Å². The zero-order valence-electron chi connectivity index (χ0n) is 19.6. The number of fused-ring (bicyclic) bond motifs is 1. The average molecular weight is 504 g/mol. The first kappa shape index (κ1) is 26.0. The topological polar surface area (TPSA) is 118 Å². The SMILES string of the molecule is COCCCC(=O)Cn1c(=O)c2ccccc2n(CC(=O)Nc2cc(Cl)c(OC)cc2OC)c1=O. The first-order valence-corrected chi connectivity index (χ1v) is 11.1. The van der Waals surface area contributed by atoms with Crippen LogP contribution in [0.2, 0.25) is 5.02 Å². The van der Waals surface area contributed by atoms with E-state index in [0.717, 1.165) is 9.13 Å². The Labute approximate surface area is 206 Å². The first-order chi connectivity index (χ1) is 16.8. The van der Waals surface area contributed by atoms with Crippen LogP contribution in [0.4, 0.5) is 5.69 Å². The number of aromatic nitrogens is 2. The number of hydrogen-bond donors (Lipinski definition) is 1. The second kappa shape index (κ2) is 11.7. The highest BCUT2D eigenvalue weighted by atomic mass is 35.5. The molecule has 0 spiro atoms. The van der Waals surface area contributed by atoms with E-state index >= 15 is 0 Å². The van der Waals surface area contributed by atoms with E-state index in [1.165, 1.54) is 33.5 Å². The van der Waals surface area contributed by atoms with Crippen molar-refractivity contribution >= 4 is 39.9 Å². The highest BCUT2D eigenvalue weighted by molar-refractivity contribution is 6.32. The van der Waals surface area contributed by atoms with Gasteiger partial charge in [0.15, 0.2) is 5.78 Å². The van der Waals surface area contributed by atoms with E-state index in [1.807, 2.05) is 0 Å². The van der Waals surface area contributed by atoms with Crippen molar-refractivity contribution in [3.8, 4) is 11.5 Å². The molecule has 0 fully saturated rings. The van der Waals surface area contributed by atoms with Gasteiger partial charge in [0.05, 0.1) is 42.4 Å². The maximum absolute atomic E-state index is 13.2. The molecule has 2 aromatic carbocycles. The van der Waals surface area contributed by atoms with E-state index in [4.69, 9.17) is 25.8 Å². The third-order valence-electron chi connectivity index (χ3n) is 5.32. The van der Waals surface area contributed by atoms with Gasteiger partial charge in [0.1, 0.15) is 18.0 Å². The number of methoxy groups -OCH3 is 3. The molecular weight excluding hydrogens is 478 g/mol. The lowest BCUT2D eigenvalue weighted by Gasteiger charge is -2.15. The fraction of sp³-hybridized carbons (Fsp3) is 0.333. The molecule has 1 amide bonds. The minimum Gasteiger partial charge on any atom is -0.495 e. The van der Waals surface area contributed by atoms with Crippen LogP contribution in [-0.2, 0) is 27.4 Å². The number of anilines is 1. The molecule has 0 atom stereocenters. The molecule has 3 aromatic rings. The van der Waals surface area contributed by atoms with Crippen LogP contribution in [0.3, 0.4) is 0 Å². The monoisotopic (exact) mass is 503 g/mol. The number of ether oxygens (including phenoxy) is 3. The number of para-hydroxylation sites is 1. The number of Topliss-reactive ketones (excluding diaryl/α,β-unsaturated/α-hetero) is 1. The molecule has 1 heterocycles. The number of hydrogen-bond acceptors (Lipinski definition) is 7. The Kier molecular flexibility index (Phi) is 8.67. The molecule has 0 saturated heterocycles. The van der Waals surface area contributed by atoms with Crippen molar-refractivity contribution in [1.82, 2.24) is 9.13 Å². The molecule has 0 bridgehead atoms. The number of ketones is 1. The molecule has 0 aliphatic carbocycles. The van der Waals surface area contributed by atoms with Crippen LogP contribution in [0.5, 0.6) is 11.5 Å². The zero-order valence-corrected chi connectivity index (χ0v) is 20.4. The quantitative estimate of drug-likeness (QED) is 0.399. The molecule has 35 heavy (non-hydrogen) atoms. The molecule has 0 aliphatic heterocycles. The molecule has 11 heteroatoms. The van der Waals surface area contributed by atoms with Crippen LogP contribution in [0.1, 0.15) is 12.8 Å². The molecule has 0 radical (unpaired) electrons. The molecule has 0 aliphatic rings. The van der Waals surface area contributed by atoms with Crippen molar-refractivity contribution in [2.75, 3.05) is 33.3 Å². The van der Waals surface area contributed by atoms with Crippen molar-refractivity contribution < 1.29 is 23.8 Å². The summed E-state index contributed by atoms with van der Waals surface area (Å²) in [6.45, 7) is -0.415. The van der Waals surface area contributed by atoms with Gasteiger partial charge in [-0.25, -0.2) is 4.79 Å². The summed E-state index contributed by atoms with van der Waals surface area (Å²) < 4.78 is 17.4. The maximum Gasteiger partial charge on any atom is 0.332 e. The summed E-state index contributed by atoms with van der Waals surface area (Å²) in [4.78, 5) is 51.5. The zero-order chi connectivity index (χ0) is 25.5. The Morgan fingerprint density at radius 2 is 1.69 bits per heavy atom. The van der Waals surface area contributed by atoms with E-state index < -0.39 is 30.2 Å². The van der Waals surface area contributed by atoms with Crippen molar-refractivity contribution in [2.24, 2.45) is 0 Å². The summed E-state index contributed by atoms with van der Waals surface area (Å²) in [7, 11) is 4.40. The van der Waals surface area contributed by atoms with Crippen LogP contribution in [0, 0.1) is 0 Å². The summed E-state index contributed by atoms with van der Waals surface area (Å²) in [5.41, 5.74) is -0.794. The lowest BCUT2D eigenvalue weighted by Crippen LogP contribution is -2.43. The standard InChI is InChI=1S/C24H26ClN3O7/c1-33-10-6-7-15(29)13-28-23(31)16-8-4-5-9-19(16)27(24(28)32)14-22(30)26-18-11-17(25)20(34-2)12-21(18)35-3/h4-5,8-9,11-12H,6-7,10,13-14H2,1-3H3,(H,26,30). The Morgan fingerprint density at radius 3 is 2.37 bits per heavy atom. The van der Waals surface area contributed by atoms with E-state index in [1.54, 1.807) is 24.3 Å². The summed E-state index contributed by atoms with van der Waals surface area (Å²) in [5, 5.41) is 3.14. The molecule has 1 N–H and O–H groups in total. The minimum absolute atomic E-state index is 0.158. The maximum atomic E-state index is 13.2. The van der Waals surface area contributed by atoms with Gasteiger partial charge in [0.2, 0.25) is 5.91 Å². The predicted octanol–water partition coefficient (Wildman–Crippen LogP) is 2.47. The highest BCUT2D eigenvalue weighted by Crippen LogP contribution is 2.35. The van der Waals surface area contributed by atoms with Gasteiger partial charge < -0.3 is 19.5 Å². The molecule has 1 aromatic heterocycles. The number of nitrogens with one attached hydrogen (secondary N) is 1. The molecule has 0 unspecified atom stereocenters. The lowest BCUT2D eigenvalue weighted by atomic mass is 10.2. The summed E-state index contributed by atoms with van der Waals surface area (Å²) in [6.07, 6.45) is 0.631. The van der Waals surface area contributed by atoms with E-state index in [-0.39, 0.29) is 33.8 Å². The van der Waals surface area contributed by atoms with Crippen LogP contribution in [-0.4, -0.2) is 48.8 Å². The van der Waals surface area contributed by atoms with Gasteiger partial charge in [0.25, 0.3) is 5.56 Å².